The molecule has 7 heteroatoms. The summed E-state index contributed by atoms with van der Waals surface area (Å²) in [6.07, 6.45) is 0. The van der Waals surface area contributed by atoms with Gasteiger partial charge >= 0.3 is 0 Å². The van der Waals surface area contributed by atoms with E-state index in [0.717, 1.165) is 28.5 Å². The molecule has 0 atom stereocenters. The Morgan fingerprint density at radius 1 is 1.00 bits per heavy atom. The van der Waals surface area contributed by atoms with Crippen molar-refractivity contribution in [1.29, 1.82) is 0 Å². The van der Waals surface area contributed by atoms with Crippen LogP contribution < -0.4 is 29.6 Å². The van der Waals surface area contributed by atoms with Gasteiger partial charge in [0.15, 0.2) is 28.1 Å². The number of hydrogen-bond acceptors (Lipinski definition) is 5. The fourth-order valence-corrected chi connectivity index (χ4v) is 2.73. The average molecular weight is 374 g/mol. The van der Waals surface area contributed by atoms with Gasteiger partial charge in [-0.25, -0.2) is 0 Å². The molecule has 26 heavy (non-hydrogen) atoms. The van der Waals surface area contributed by atoms with Crippen LogP contribution >= 0.6 is 12.2 Å². The molecule has 6 nitrogen and oxygen atoms in total. The third-order valence-corrected chi connectivity index (χ3v) is 3.94. The van der Waals surface area contributed by atoms with Gasteiger partial charge < -0.3 is 29.6 Å². The number of fused-ring (bicyclic) bond motifs is 1. The average Bonchev–Trinajstić information content (AvgIpc) is 3.10. The summed E-state index contributed by atoms with van der Waals surface area (Å²) in [5, 5.41) is 6.87. The summed E-state index contributed by atoms with van der Waals surface area (Å²) in [7, 11) is 0. The summed E-state index contributed by atoms with van der Waals surface area (Å²) in [6, 6.07) is 11.5. The van der Waals surface area contributed by atoms with E-state index in [1.54, 1.807) is 0 Å². The highest BCUT2D eigenvalue weighted by Crippen LogP contribution is 2.32. The second-order valence-corrected chi connectivity index (χ2v) is 5.93. The predicted molar refractivity (Wildman–Crippen MR) is 104 cm³/mol. The lowest BCUT2D eigenvalue weighted by molar-refractivity contribution is 0.174. The molecule has 0 unspecified atom stereocenters. The molecular formula is C19H22N2O4S. The number of benzene rings is 2. The molecule has 0 saturated carbocycles. The number of anilines is 1. The number of ether oxygens (including phenoxy) is 4. The Hall–Kier alpha value is -2.67. The Bertz CT molecular complexity index is 782. The second-order valence-electron chi connectivity index (χ2n) is 5.52. The van der Waals surface area contributed by atoms with Crippen LogP contribution in [0, 0.1) is 0 Å². The molecule has 1 aliphatic rings. The first-order valence-corrected chi connectivity index (χ1v) is 8.93. The van der Waals surface area contributed by atoms with Gasteiger partial charge in [0.05, 0.1) is 13.2 Å². The minimum Gasteiger partial charge on any atom is -0.490 e. The van der Waals surface area contributed by atoms with Crippen LogP contribution in [0.25, 0.3) is 0 Å². The van der Waals surface area contributed by atoms with E-state index in [1.807, 2.05) is 50.2 Å². The number of thiocarbonyl (C=S) groups is 1. The van der Waals surface area contributed by atoms with E-state index < -0.39 is 0 Å². The van der Waals surface area contributed by atoms with Crippen molar-refractivity contribution in [2.45, 2.75) is 20.4 Å². The predicted octanol–water partition coefficient (Wildman–Crippen LogP) is 3.70. The second kappa shape index (κ2) is 8.62. The summed E-state index contributed by atoms with van der Waals surface area (Å²) in [4.78, 5) is 0. The minimum absolute atomic E-state index is 0.270. The molecule has 1 aliphatic heterocycles. The number of hydrogen-bond donors (Lipinski definition) is 2. The van der Waals surface area contributed by atoms with Crippen LogP contribution in [-0.2, 0) is 6.54 Å². The van der Waals surface area contributed by atoms with Gasteiger partial charge in [-0.2, -0.15) is 0 Å². The lowest BCUT2D eigenvalue weighted by Gasteiger charge is -2.14. The SMILES string of the molecule is CCOc1ccc(NC(=S)NCc2ccc3c(c2)OCO3)cc1OCC. The van der Waals surface area contributed by atoms with Gasteiger partial charge in [0.1, 0.15) is 0 Å². The monoisotopic (exact) mass is 374 g/mol. The normalized spacial score (nSPS) is 11.8. The van der Waals surface area contributed by atoms with Gasteiger partial charge in [0, 0.05) is 18.3 Å². The lowest BCUT2D eigenvalue weighted by atomic mass is 10.2. The highest BCUT2D eigenvalue weighted by molar-refractivity contribution is 7.80. The van der Waals surface area contributed by atoms with Gasteiger partial charge in [-0.05, 0) is 55.9 Å². The molecule has 0 aromatic heterocycles. The number of rotatable bonds is 7. The van der Waals surface area contributed by atoms with Crippen molar-refractivity contribution in [3.05, 3.63) is 42.0 Å². The molecule has 0 amide bonds. The van der Waals surface area contributed by atoms with Crippen molar-refractivity contribution in [3.63, 3.8) is 0 Å². The summed E-state index contributed by atoms with van der Waals surface area (Å²) in [6.45, 7) is 5.88. The molecule has 0 radical (unpaired) electrons. The van der Waals surface area contributed by atoms with Crippen LogP contribution in [0.4, 0.5) is 5.69 Å². The molecule has 2 aromatic carbocycles. The molecule has 0 fully saturated rings. The highest BCUT2D eigenvalue weighted by atomic mass is 32.1. The summed E-state index contributed by atoms with van der Waals surface area (Å²) >= 11 is 5.38. The topological polar surface area (TPSA) is 61.0 Å². The molecule has 0 bridgehead atoms. The summed E-state index contributed by atoms with van der Waals surface area (Å²) in [5.41, 5.74) is 1.89. The van der Waals surface area contributed by atoms with E-state index in [0.29, 0.717) is 30.6 Å². The molecule has 2 N–H and O–H groups in total. The van der Waals surface area contributed by atoms with Crippen LogP contribution in [-0.4, -0.2) is 25.1 Å². The van der Waals surface area contributed by atoms with Crippen molar-refractivity contribution in [2.75, 3.05) is 25.3 Å². The van der Waals surface area contributed by atoms with E-state index in [2.05, 4.69) is 10.6 Å². The van der Waals surface area contributed by atoms with E-state index >= 15 is 0 Å². The first-order chi connectivity index (χ1) is 12.7. The van der Waals surface area contributed by atoms with E-state index in [9.17, 15) is 0 Å². The lowest BCUT2D eigenvalue weighted by Crippen LogP contribution is -2.27. The Kier molecular flexibility index (Phi) is 6.01. The first-order valence-electron chi connectivity index (χ1n) is 8.52. The third kappa shape index (κ3) is 4.49. The Balaban J connectivity index is 1.58. The largest absolute Gasteiger partial charge is 0.490 e. The van der Waals surface area contributed by atoms with Crippen molar-refractivity contribution in [2.24, 2.45) is 0 Å². The fourth-order valence-electron chi connectivity index (χ4n) is 2.54. The molecule has 0 aliphatic carbocycles. The van der Waals surface area contributed by atoms with Crippen LogP contribution in [0.2, 0.25) is 0 Å². The Morgan fingerprint density at radius 2 is 1.77 bits per heavy atom. The zero-order chi connectivity index (χ0) is 18.4. The Morgan fingerprint density at radius 3 is 2.58 bits per heavy atom. The van der Waals surface area contributed by atoms with Gasteiger partial charge in [-0.3, -0.25) is 0 Å². The van der Waals surface area contributed by atoms with Crippen LogP contribution in [0.1, 0.15) is 19.4 Å². The molecule has 2 aromatic rings. The van der Waals surface area contributed by atoms with Crippen LogP contribution in [0.5, 0.6) is 23.0 Å². The van der Waals surface area contributed by atoms with Crippen molar-refractivity contribution >= 4 is 23.0 Å². The van der Waals surface area contributed by atoms with Crippen molar-refractivity contribution < 1.29 is 18.9 Å². The standard InChI is InChI=1S/C19H22N2O4S/c1-3-22-15-8-6-14(10-18(15)23-4-2)21-19(26)20-11-13-5-7-16-17(9-13)25-12-24-16/h5-10H,3-4,11-12H2,1-2H3,(H2,20,21,26). The van der Waals surface area contributed by atoms with E-state index in [4.69, 9.17) is 31.2 Å². The third-order valence-electron chi connectivity index (χ3n) is 3.69. The summed E-state index contributed by atoms with van der Waals surface area (Å²) in [5.74, 6) is 2.94. The highest BCUT2D eigenvalue weighted by Gasteiger charge is 2.13. The zero-order valence-corrected chi connectivity index (χ0v) is 15.7. The van der Waals surface area contributed by atoms with Gasteiger partial charge in [0.25, 0.3) is 0 Å². The van der Waals surface area contributed by atoms with E-state index in [1.165, 1.54) is 0 Å². The quantitative estimate of drug-likeness (QED) is 0.717. The molecule has 138 valence electrons. The molecule has 1 heterocycles. The summed E-state index contributed by atoms with van der Waals surface area (Å²) < 4.78 is 21.9. The maximum absolute atomic E-state index is 5.63. The van der Waals surface area contributed by atoms with Crippen molar-refractivity contribution in [3.8, 4) is 23.0 Å². The maximum Gasteiger partial charge on any atom is 0.231 e. The first kappa shape index (κ1) is 18.1. The minimum atomic E-state index is 0.270. The van der Waals surface area contributed by atoms with Gasteiger partial charge in [-0.15, -0.1) is 0 Å². The van der Waals surface area contributed by atoms with E-state index in [-0.39, 0.29) is 6.79 Å². The van der Waals surface area contributed by atoms with Crippen LogP contribution in [0.15, 0.2) is 36.4 Å². The molecular weight excluding hydrogens is 352 g/mol. The van der Waals surface area contributed by atoms with Gasteiger partial charge in [-0.1, -0.05) is 6.07 Å². The number of nitrogens with one attached hydrogen (secondary N) is 2. The maximum atomic E-state index is 5.63. The fraction of sp³-hybridized carbons (Fsp3) is 0.316. The van der Waals surface area contributed by atoms with Crippen molar-refractivity contribution in [1.82, 2.24) is 5.32 Å². The smallest absolute Gasteiger partial charge is 0.231 e. The molecule has 0 spiro atoms. The van der Waals surface area contributed by atoms with Crippen LogP contribution in [0.3, 0.4) is 0 Å². The zero-order valence-electron chi connectivity index (χ0n) is 14.8. The molecule has 3 rings (SSSR count). The van der Waals surface area contributed by atoms with Gasteiger partial charge in [0.2, 0.25) is 6.79 Å². The Labute approximate surface area is 158 Å². The molecule has 0 saturated heterocycles.